The lowest BCUT2D eigenvalue weighted by molar-refractivity contribution is 0.393. The van der Waals surface area contributed by atoms with Crippen molar-refractivity contribution in [2.75, 3.05) is 0 Å². The average molecular weight is 408 g/mol. The highest BCUT2D eigenvalue weighted by molar-refractivity contribution is 5.98. The van der Waals surface area contributed by atoms with Crippen LogP contribution in [0.5, 0.6) is 0 Å². The molecule has 2 aromatic carbocycles. The number of nitrogens with zero attached hydrogens (tertiary/aromatic N) is 3. The van der Waals surface area contributed by atoms with Crippen LogP contribution in [0, 0.1) is 20.8 Å². The second kappa shape index (κ2) is 7.55. The van der Waals surface area contributed by atoms with Crippen LogP contribution in [0.1, 0.15) is 35.7 Å². The second-order valence-electron chi connectivity index (χ2n) is 8.18. The molecule has 0 bridgehead atoms. The topological polar surface area (TPSA) is 43.9 Å². The lowest BCUT2D eigenvalue weighted by Crippen LogP contribution is -2.07. The summed E-state index contributed by atoms with van der Waals surface area (Å²) < 4.78 is 7.76. The Morgan fingerprint density at radius 2 is 1.68 bits per heavy atom. The standard InChI is InChI=1S/C27H25N3O/c1-17-8-10-21(11-9-17)24-16-30(19(3)25-7-5-6-14-28-25)26-15-22(12-13-23(24)26)27-18(2)29-31-20(27)4/h5-16,19H,1-4H3/t19-/m1/s1. The number of aryl methyl sites for hydroxylation is 3. The molecule has 3 aromatic heterocycles. The van der Waals surface area contributed by atoms with E-state index in [-0.39, 0.29) is 6.04 Å². The Morgan fingerprint density at radius 1 is 0.903 bits per heavy atom. The highest BCUT2D eigenvalue weighted by Crippen LogP contribution is 2.37. The van der Waals surface area contributed by atoms with E-state index in [9.17, 15) is 0 Å². The molecule has 0 aliphatic carbocycles. The quantitative estimate of drug-likeness (QED) is 0.326. The lowest BCUT2D eigenvalue weighted by atomic mass is 9.99. The van der Waals surface area contributed by atoms with Crippen molar-refractivity contribution in [3.8, 4) is 22.3 Å². The van der Waals surface area contributed by atoms with Gasteiger partial charge in [0.2, 0.25) is 0 Å². The van der Waals surface area contributed by atoms with E-state index in [4.69, 9.17) is 4.52 Å². The van der Waals surface area contributed by atoms with E-state index in [0.29, 0.717) is 0 Å². The number of aromatic nitrogens is 3. The molecule has 5 rings (SSSR count). The van der Waals surface area contributed by atoms with Crippen LogP contribution in [0.2, 0.25) is 0 Å². The van der Waals surface area contributed by atoms with Crippen molar-refractivity contribution in [1.82, 2.24) is 14.7 Å². The molecule has 31 heavy (non-hydrogen) atoms. The largest absolute Gasteiger partial charge is 0.361 e. The molecule has 154 valence electrons. The first-order valence-electron chi connectivity index (χ1n) is 10.6. The minimum Gasteiger partial charge on any atom is -0.361 e. The zero-order valence-electron chi connectivity index (χ0n) is 18.3. The van der Waals surface area contributed by atoms with Gasteiger partial charge in [0.25, 0.3) is 0 Å². The molecule has 0 saturated heterocycles. The number of rotatable bonds is 4. The third kappa shape index (κ3) is 3.34. The van der Waals surface area contributed by atoms with Crippen molar-refractivity contribution in [1.29, 1.82) is 0 Å². The number of pyridine rings is 1. The van der Waals surface area contributed by atoms with Gasteiger partial charge in [0.05, 0.1) is 17.4 Å². The Balaban J connectivity index is 1.75. The van der Waals surface area contributed by atoms with Crippen LogP contribution in [0.4, 0.5) is 0 Å². The fourth-order valence-electron chi connectivity index (χ4n) is 4.35. The highest BCUT2D eigenvalue weighted by Gasteiger charge is 2.19. The van der Waals surface area contributed by atoms with E-state index < -0.39 is 0 Å². The van der Waals surface area contributed by atoms with Gasteiger partial charge in [0, 0.05) is 34.4 Å². The van der Waals surface area contributed by atoms with Crippen molar-refractivity contribution in [2.45, 2.75) is 33.7 Å². The second-order valence-corrected chi connectivity index (χ2v) is 8.18. The molecule has 0 saturated carbocycles. The Morgan fingerprint density at radius 3 is 2.35 bits per heavy atom. The molecule has 0 aliphatic rings. The van der Waals surface area contributed by atoms with Gasteiger partial charge >= 0.3 is 0 Å². The Bertz CT molecular complexity index is 1340. The summed E-state index contributed by atoms with van der Waals surface area (Å²) in [5.41, 5.74) is 9.00. The van der Waals surface area contributed by atoms with Crippen molar-refractivity contribution in [2.24, 2.45) is 0 Å². The average Bonchev–Trinajstić information content (AvgIpc) is 3.33. The molecule has 0 unspecified atom stereocenters. The molecule has 0 aliphatic heterocycles. The molecule has 5 aromatic rings. The summed E-state index contributed by atoms with van der Waals surface area (Å²) >= 11 is 0. The van der Waals surface area contributed by atoms with Crippen molar-refractivity contribution in [3.63, 3.8) is 0 Å². The van der Waals surface area contributed by atoms with E-state index >= 15 is 0 Å². The lowest BCUT2D eigenvalue weighted by Gasteiger charge is -2.15. The third-order valence-corrected chi connectivity index (χ3v) is 6.05. The summed E-state index contributed by atoms with van der Waals surface area (Å²) in [5, 5.41) is 5.37. The van der Waals surface area contributed by atoms with Crippen molar-refractivity contribution < 1.29 is 4.52 Å². The van der Waals surface area contributed by atoms with Crippen molar-refractivity contribution in [3.05, 3.63) is 95.8 Å². The van der Waals surface area contributed by atoms with Crippen LogP contribution in [0.15, 0.2) is 77.6 Å². The maximum absolute atomic E-state index is 5.43. The maximum atomic E-state index is 5.43. The summed E-state index contributed by atoms with van der Waals surface area (Å²) in [6.07, 6.45) is 4.11. The van der Waals surface area contributed by atoms with E-state index in [1.54, 1.807) is 0 Å². The van der Waals surface area contributed by atoms with Gasteiger partial charge in [-0.1, -0.05) is 53.2 Å². The Kier molecular flexibility index (Phi) is 4.70. The summed E-state index contributed by atoms with van der Waals surface area (Å²) in [5.74, 6) is 0.839. The fraction of sp³-hybridized carbons (Fsp3) is 0.185. The van der Waals surface area contributed by atoms with Gasteiger partial charge in [-0.05, 0) is 57.0 Å². The molecule has 0 fully saturated rings. The number of hydrogen-bond acceptors (Lipinski definition) is 3. The molecule has 0 radical (unpaired) electrons. The Labute approximate surface area is 182 Å². The van der Waals surface area contributed by atoms with E-state index in [1.807, 2.05) is 32.2 Å². The minimum atomic E-state index is 0.0998. The van der Waals surface area contributed by atoms with Crippen LogP contribution in [0.25, 0.3) is 33.2 Å². The molecular formula is C27H25N3O. The third-order valence-electron chi connectivity index (χ3n) is 6.05. The number of fused-ring (bicyclic) bond motifs is 1. The molecule has 0 amide bonds. The molecule has 0 spiro atoms. The molecule has 3 heterocycles. The first kappa shape index (κ1) is 19.3. The van der Waals surface area contributed by atoms with E-state index in [1.165, 1.54) is 27.6 Å². The summed E-state index contributed by atoms with van der Waals surface area (Å²) in [6.45, 7) is 8.27. The monoisotopic (exact) mass is 407 g/mol. The number of benzene rings is 2. The summed E-state index contributed by atoms with van der Waals surface area (Å²) in [6, 6.07) is 21.5. The van der Waals surface area contributed by atoms with E-state index in [2.05, 4.69) is 83.3 Å². The predicted octanol–water partition coefficient (Wildman–Crippen LogP) is 6.89. The first-order valence-corrected chi connectivity index (χ1v) is 10.6. The predicted molar refractivity (Wildman–Crippen MR) is 125 cm³/mol. The zero-order chi connectivity index (χ0) is 21.5. The van der Waals surface area contributed by atoms with Crippen LogP contribution < -0.4 is 0 Å². The molecule has 0 N–H and O–H groups in total. The van der Waals surface area contributed by atoms with Crippen LogP contribution in [-0.4, -0.2) is 14.7 Å². The van der Waals surface area contributed by atoms with Gasteiger partial charge in [-0.25, -0.2) is 0 Å². The zero-order valence-corrected chi connectivity index (χ0v) is 18.3. The van der Waals surface area contributed by atoms with Gasteiger partial charge in [0.1, 0.15) is 5.76 Å². The first-order chi connectivity index (χ1) is 15.0. The normalized spacial score (nSPS) is 12.4. The fourth-order valence-corrected chi connectivity index (χ4v) is 4.35. The number of hydrogen-bond donors (Lipinski definition) is 0. The van der Waals surface area contributed by atoms with Crippen LogP contribution >= 0.6 is 0 Å². The molecule has 1 atom stereocenters. The van der Waals surface area contributed by atoms with Crippen molar-refractivity contribution >= 4 is 10.9 Å². The Hall–Kier alpha value is -3.66. The highest BCUT2D eigenvalue weighted by atomic mass is 16.5. The van der Waals surface area contributed by atoms with Gasteiger partial charge in [-0.2, -0.15) is 0 Å². The molecule has 4 nitrogen and oxygen atoms in total. The van der Waals surface area contributed by atoms with Crippen LogP contribution in [0.3, 0.4) is 0 Å². The smallest absolute Gasteiger partial charge is 0.141 e. The van der Waals surface area contributed by atoms with E-state index in [0.717, 1.165) is 28.3 Å². The minimum absolute atomic E-state index is 0.0998. The SMILES string of the molecule is Cc1ccc(-c2cn([C@H](C)c3ccccn3)c3cc(-c4c(C)noc4C)ccc23)cc1. The molecule has 4 heteroatoms. The maximum Gasteiger partial charge on any atom is 0.141 e. The van der Waals surface area contributed by atoms with Gasteiger partial charge < -0.3 is 9.09 Å². The van der Waals surface area contributed by atoms with Gasteiger partial charge in [-0.3, -0.25) is 4.98 Å². The summed E-state index contributed by atoms with van der Waals surface area (Å²) in [7, 11) is 0. The van der Waals surface area contributed by atoms with Crippen LogP contribution in [-0.2, 0) is 0 Å². The molecular weight excluding hydrogens is 382 g/mol. The van der Waals surface area contributed by atoms with Gasteiger partial charge in [0.15, 0.2) is 0 Å². The van der Waals surface area contributed by atoms with Gasteiger partial charge in [-0.15, -0.1) is 0 Å². The summed E-state index contributed by atoms with van der Waals surface area (Å²) in [4.78, 5) is 4.61.